The van der Waals surface area contributed by atoms with Crippen molar-refractivity contribution in [2.24, 2.45) is 0 Å². The fourth-order valence-corrected chi connectivity index (χ4v) is 5.70. The topological polar surface area (TPSA) is 172 Å². The predicted octanol–water partition coefficient (Wildman–Crippen LogP) is 6.36. The van der Waals surface area contributed by atoms with Gasteiger partial charge in [0.15, 0.2) is 0 Å². The molecule has 0 saturated heterocycles. The maximum Gasteiger partial charge on any atom is 2.00 e. The molecule has 0 saturated carbocycles. The third-order valence-corrected chi connectivity index (χ3v) is 8.22. The number of rotatable bonds is 9. The summed E-state index contributed by atoms with van der Waals surface area (Å²) in [5.74, 6) is -1.88. The summed E-state index contributed by atoms with van der Waals surface area (Å²) < 4.78 is 0. The molecule has 0 aliphatic carbocycles. The van der Waals surface area contributed by atoms with Crippen molar-refractivity contribution in [3.8, 4) is 0 Å². The van der Waals surface area contributed by atoms with E-state index in [0.717, 1.165) is 39.6 Å². The van der Waals surface area contributed by atoms with E-state index >= 15 is 0 Å². The van der Waals surface area contributed by atoms with Gasteiger partial charge in [0.2, 0.25) is 6.20 Å². The van der Waals surface area contributed by atoms with Gasteiger partial charge >= 0.3 is 29.0 Å². The number of allylic oxidation sites excluding steroid dienone is 5. The van der Waals surface area contributed by atoms with Crippen LogP contribution in [0.1, 0.15) is 78.1 Å². The standard InChI is InChI=1S/C34H33N5O6.Fe/c1-6-21-17(2)27-15-30-24(11-12-39(44)45)20(5)26(36-30)13-25-18(3)22(7-9-33(40)41)31(37-25)16-32-23(8-10-34(42)43)19(4)28(38-32)14-29(21)35-27;/h6,11-16H,1,7-10H2,2-5H3,(H4,35,36,37,38,40,41,42,43);/q;+2/p-2/b12-11+,25-13?,26-13?,27-15?,28-14?,29-14?,30-15?,31-16?,32-16?;. The van der Waals surface area contributed by atoms with Crippen LogP contribution < -0.4 is 9.97 Å². The first-order chi connectivity index (χ1) is 21.4. The van der Waals surface area contributed by atoms with Crippen molar-refractivity contribution >= 4 is 62.4 Å². The molecule has 5 heterocycles. The fourth-order valence-electron chi connectivity index (χ4n) is 5.70. The minimum absolute atomic E-state index is 0. The molecule has 0 atom stereocenters. The minimum Gasteiger partial charge on any atom is -0.657 e. The van der Waals surface area contributed by atoms with Crippen LogP contribution in [0.3, 0.4) is 0 Å². The van der Waals surface area contributed by atoms with Crippen molar-refractivity contribution < 1.29 is 41.8 Å². The van der Waals surface area contributed by atoms with E-state index in [1.165, 1.54) is 6.08 Å². The van der Waals surface area contributed by atoms with Crippen LogP contribution in [0.15, 0.2) is 43.1 Å². The molecule has 0 spiro atoms. The third kappa shape index (κ3) is 6.63. The SMILES string of the molecule is C=CC1=C(C)c2cc3[n-]c(cc4nc(cc5[n-]c(cc1n2)c(C)c5CCC(=O)O)C(CCC(=O)O)=C4C)c(C)c3/C=C/[N+](=O)[O-].[Fe+2]. The molecule has 11 nitrogen and oxygen atoms in total. The molecule has 46 heavy (non-hydrogen) atoms. The van der Waals surface area contributed by atoms with E-state index in [9.17, 15) is 29.9 Å². The number of carboxylic acid groups (broad SMARTS) is 2. The van der Waals surface area contributed by atoms with E-state index in [1.807, 2.05) is 33.8 Å². The number of carboxylic acids is 2. The van der Waals surface area contributed by atoms with Gasteiger partial charge in [0.05, 0.1) is 27.7 Å². The van der Waals surface area contributed by atoms with Crippen LogP contribution in [-0.2, 0) is 33.1 Å². The summed E-state index contributed by atoms with van der Waals surface area (Å²) >= 11 is 0. The molecule has 0 aromatic carbocycles. The van der Waals surface area contributed by atoms with Crippen LogP contribution in [0.5, 0.6) is 0 Å². The second-order valence-electron chi connectivity index (χ2n) is 11.0. The van der Waals surface area contributed by atoms with Gasteiger partial charge in [0.25, 0.3) is 0 Å². The molecular weight excluding hydrogens is 630 g/mol. The van der Waals surface area contributed by atoms with E-state index in [-0.39, 0.29) is 42.8 Å². The van der Waals surface area contributed by atoms with E-state index in [0.29, 0.717) is 56.0 Å². The molecule has 0 unspecified atom stereocenters. The second-order valence-corrected chi connectivity index (χ2v) is 11.0. The van der Waals surface area contributed by atoms with Crippen LogP contribution in [-0.4, -0.2) is 37.0 Å². The molecule has 3 aromatic rings. The molecule has 12 heteroatoms. The van der Waals surface area contributed by atoms with E-state index in [2.05, 4.69) is 6.58 Å². The Labute approximate surface area is 275 Å². The van der Waals surface area contributed by atoms with Gasteiger partial charge in [0.1, 0.15) is 0 Å². The summed E-state index contributed by atoms with van der Waals surface area (Å²) in [5.41, 5.74) is 10.5. The molecule has 8 bridgehead atoms. The number of nitro groups is 1. The number of aryl methyl sites for hydroxylation is 3. The number of aromatic nitrogens is 4. The maximum atomic E-state index is 11.5. The molecule has 5 rings (SSSR count). The van der Waals surface area contributed by atoms with Gasteiger partial charge in [0, 0.05) is 24.5 Å². The average molecular weight is 661 g/mol. The van der Waals surface area contributed by atoms with Crippen molar-refractivity contribution in [1.82, 2.24) is 19.9 Å². The number of aliphatic carboxylic acids is 2. The van der Waals surface area contributed by atoms with E-state index in [1.54, 1.807) is 24.3 Å². The van der Waals surface area contributed by atoms with Gasteiger partial charge in [-0.05, 0) is 62.8 Å². The smallest absolute Gasteiger partial charge is 0.657 e. The first-order valence-corrected chi connectivity index (χ1v) is 14.3. The van der Waals surface area contributed by atoms with Crippen LogP contribution in [0, 0.1) is 24.0 Å². The van der Waals surface area contributed by atoms with Crippen molar-refractivity contribution in [3.05, 3.63) is 98.3 Å². The first kappa shape index (κ1) is 33.8. The second kappa shape index (κ2) is 13.5. The number of hydrogen-bond acceptors (Lipinski definition) is 6. The summed E-state index contributed by atoms with van der Waals surface area (Å²) in [6.45, 7) is 11.5. The number of nitrogens with zero attached hydrogens (tertiary/aromatic N) is 5. The number of hydrogen-bond donors (Lipinski definition) is 2. The molecule has 0 fully saturated rings. The van der Waals surface area contributed by atoms with Crippen LogP contribution in [0.25, 0.3) is 50.4 Å². The molecule has 2 aliphatic heterocycles. The van der Waals surface area contributed by atoms with Crippen LogP contribution >= 0.6 is 0 Å². The molecule has 3 aromatic heterocycles. The van der Waals surface area contributed by atoms with Gasteiger partial charge in [-0.3, -0.25) is 19.7 Å². The van der Waals surface area contributed by atoms with Crippen LogP contribution in [0.2, 0.25) is 0 Å². The zero-order chi connectivity index (χ0) is 32.6. The normalized spacial score (nSPS) is 12.9. The van der Waals surface area contributed by atoms with Crippen molar-refractivity contribution in [3.63, 3.8) is 0 Å². The quantitative estimate of drug-likeness (QED) is 0.149. The maximum absolute atomic E-state index is 11.5. The van der Waals surface area contributed by atoms with Crippen LogP contribution in [0.4, 0.5) is 0 Å². The molecule has 0 amide bonds. The number of carbonyl (C=O) groups is 2. The van der Waals surface area contributed by atoms with E-state index < -0.39 is 16.9 Å². The molecule has 236 valence electrons. The summed E-state index contributed by atoms with van der Waals surface area (Å²) in [7, 11) is 0. The van der Waals surface area contributed by atoms with Gasteiger partial charge in [-0.2, -0.15) is 0 Å². The monoisotopic (exact) mass is 661 g/mol. The Morgan fingerprint density at radius 1 is 0.826 bits per heavy atom. The van der Waals surface area contributed by atoms with Gasteiger partial charge < -0.3 is 20.2 Å². The largest absolute Gasteiger partial charge is 2.00 e. The third-order valence-electron chi connectivity index (χ3n) is 8.22. The van der Waals surface area contributed by atoms with Gasteiger partial charge in [-0.15, -0.1) is 22.1 Å². The van der Waals surface area contributed by atoms with Crippen molar-refractivity contribution in [2.75, 3.05) is 0 Å². The Bertz CT molecular complexity index is 2060. The Kier molecular flexibility index (Phi) is 9.94. The molecule has 2 aliphatic rings. The Morgan fingerprint density at radius 2 is 1.37 bits per heavy atom. The van der Waals surface area contributed by atoms with E-state index in [4.69, 9.17) is 19.9 Å². The Morgan fingerprint density at radius 3 is 2.02 bits per heavy atom. The predicted molar refractivity (Wildman–Crippen MR) is 172 cm³/mol. The molecule has 2 N–H and O–H groups in total. The summed E-state index contributed by atoms with van der Waals surface area (Å²) in [6, 6.07) is 7.20. The zero-order valence-corrected chi connectivity index (χ0v) is 26.8. The Balaban J connectivity index is 0.00000480. The Hall–Kier alpha value is -5.06. The molecular formula is C34H31FeN5O6. The zero-order valence-electron chi connectivity index (χ0n) is 25.7. The summed E-state index contributed by atoms with van der Waals surface area (Å²) in [4.78, 5) is 53.3. The van der Waals surface area contributed by atoms with Crippen molar-refractivity contribution in [2.45, 2.75) is 53.4 Å². The van der Waals surface area contributed by atoms with Gasteiger partial charge in [-0.25, -0.2) is 9.97 Å². The summed E-state index contributed by atoms with van der Waals surface area (Å²) in [5, 5.41) is 30.1. The fraction of sp³-hybridized carbons (Fsp3) is 0.235. The minimum atomic E-state index is -0.947. The van der Waals surface area contributed by atoms with Crippen molar-refractivity contribution in [1.29, 1.82) is 0 Å². The summed E-state index contributed by atoms with van der Waals surface area (Å²) in [6.07, 6.45) is 4.27. The average Bonchev–Trinajstić information content (AvgIpc) is 3.63. The molecule has 0 radical (unpaired) electrons. The van der Waals surface area contributed by atoms with Gasteiger partial charge in [-0.1, -0.05) is 53.6 Å². The first-order valence-electron chi connectivity index (χ1n) is 14.3. The number of fused-ring (bicyclic) bond motifs is 8.